The van der Waals surface area contributed by atoms with Crippen molar-refractivity contribution in [3.63, 3.8) is 0 Å². The number of hydrogen-bond acceptors (Lipinski definition) is 5. The van der Waals surface area contributed by atoms with E-state index in [1.807, 2.05) is 26.0 Å². The van der Waals surface area contributed by atoms with Gasteiger partial charge in [0.15, 0.2) is 18.1 Å². The SMILES string of the molecule is CCCOc1ccc(/C=C/C(=O)OCC(=O)NCCC(C)C)cc1OCC. The standard InChI is InChI=1S/C21H31NO5/c1-5-13-26-18-9-7-17(14-19(18)25-6-2)8-10-21(24)27-15-20(23)22-12-11-16(3)4/h7-10,14,16H,5-6,11-13,15H2,1-4H3,(H,22,23)/b10-8+. The van der Waals surface area contributed by atoms with Gasteiger partial charge in [-0.3, -0.25) is 4.79 Å². The van der Waals surface area contributed by atoms with Crippen molar-refractivity contribution >= 4 is 18.0 Å². The van der Waals surface area contributed by atoms with Gasteiger partial charge in [0.25, 0.3) is 5.91 Å². The molecule has 0 atom stereocenters. The first kappa shape index (κ1) is 22.5. The highest BCUT2D eigenvalue weighted by Crippen LogP contribution is 2.29. The molecule has 0 aliphatic carbocycles. The van der Waals surface area contributed by atoms with Crippen molar-refractivity contribution < 1.29 is 23.8 Å². The molecule has 1 rings (SSSR count). The van der Waals surface area contributed by atoms with Crippen LogP contribution in [0.3, 0.4) is 0 Å². The zero-order chi connectivity index (χ0) is 20.1. The van der Waals surface area contributed by atoms with E-state index in [0.29, 0.717) is 37.2 Å². The molecule has 0 aliphatic rings. The minimum atomic E-state index is -0.571. The lowest BCUT2D eigenvalue weighted by Gasteiger charge is -2.12. The predicted octanol–water partition coefficient (Wildman–Crippen LogP) is 3.59. The summed E-state index contributed by atoms with van der Waals surface area (Å²) in [5.41, 5.74) is 0.778. The van der Waals surface area contributed by atoms with Crippen LogP contribution in [-0.2, 0) is 14.3 Å². The van der Waals surface area contributed by atoms with Crippen LogP contribution in [0.1, 0.15) is 46.1 Å². The summed E-state index contributed by atoms with van der Waals surface area (Å²) in [6.07, 6.45) is 4.70. The lowest BCUT2D eigenvalue weighted by atomic mass is 10.1. The highest BCUT2D eigenvalue weighted by molar-refractivity contribution is 5.89. The van der Waals surface area contributed by atoms with Gasteiger partial charge >= 0.3 is 5.97 Å². The fourth-order valence-electron chi connectivity index (χ4n) is 2.13. The number of rotatable bonds is 12. The molecule has 150 valence electrons. The average molecular weight is 377 g/mol. The van der Waals surface area contributed by atoms with E-state index in [1.165, 1.54) is 6.08 Å². The minimum Gasteiger partial charge on any atom is -0.490 e. The summed E-state index contributed by atoms with van der Waals surface area (Å²) in [5, 5.41) is 2.72. The Bertz CT molecular complexity index is 625. The molecule has 6 nitrogen and oxygen atoms in total. The maximum atomic E-state index is 11.8. The minimum absolute atomic E-state index is 0.282. The quantitative estimate of drug-likeness (QED) is 0.445. The Balaban J connectivity index is 2.53. The van der Waals surface area contributed by atoms with E-state index in [4.69, 9.17) is 14.2 Å². The largest absolute Gasteiger partial charge is 0.490 e. The van der Waals surface area contributed by atoms with Crippen LogP contribution in [0, 0.1) is 5.92 Å². The highest BCUT2D eigenvalue weighted by atomic mass is 16.5. The van der Waals surface area contributed by atoms with Gasteiger partial charge in [-0.2, -0.15) is 0 Å². The molecule has 0 unspecified atom stereocenters. The molecule has 0 radical (unpaired) electrons. The summed E-state index contributed by atoms with van der Waals surface area (Å²) >= 11 is 0. The number of hydrogen-bond donors (Lipinski definition) is 1. The van der Waals surface area contributed by atoms with E-state index in [1.54, 1.807) is 12.1 Å². The van der Waals surface area contributed by atoms with Gasteiger partial charge in [0.05, 0.1) is 13.2 Å². The Labute approximate surface area is 161 Å². The van der Waals surface area contributed by atoms with Crippen LogP contribution in [0.2, 0.25) is 0 Å². The van der Waals surface area contributed by atoms with E-state index in [0.717, 1.165) is 18.4 Å². The fourth-order valence-corrected chi connectivity index (χ4v) is 2.13. The molecule has 0 aromatic heterocycles. The van der Waals surface area contributed by atoms with Crippen molar-refractivity contribution in [2.24, 2.45) is 5.92 Å². The summed E-state index contributed by atoms with van der Waals surface area (Å²) < 4.78 is 16.2. The first-order valence-corrected chi connectivity index (χ1v) is 9.47. The predicted molar refractivity (Wildman–Crippen MR) is 106 cm³/mol. The van der Waals surface area contributed by atoms with Gasteiger partial charge in [-0.1, -0.05) is 26.8 Å². The number of benzene rings is 1. The molecule has 0 saturated carbocycles. The summed E-state index contributed by atoms with van der Waals surface area (Å²) in [7, 11) is 0. The lowest BCUT2D eigenvalue weighted by molar-refractivity contribution is -0.143. The monoisotopic (exact) mass is 377 g/mol. The first-order valence-electron chi connectivity index (χ1n) is 9.47. The molecule has 0 fully saturated rings. The molecule has 27 heavy (non-hydrogen) atoms. The Hall–Kier alpha value is -2.50. The van der Waals surface area contributed by atoms with E-state index in [-0.39, 0.29) is 12.5 Å². The molecular formula is C21H31NO5. The van der Waals surface area contributed by atoms with Crippen LogP contribution in [0.15, 0.2) is 24.3 Å². The molecule has 6 heteroatoms. The summed E-state index contributed by atoms with van der Waals surface area (Å²) in [6, 6.07) is 5.45. The van der Waals surface area contributed by atoms with Crippen molar-refractivity contribution in [3.8, 4) is 11.5 Å². The van der Waals surface area contributed by atoms with Gasteiger partial charge in [-0.25, -0.2) is 4.79 Å². The molecule has 1 aromatic carbocycles. The molecule has 0 heterocycles. The van der Waals surface area contributed by atoms with Crippen molar-refractivity contribution in [2.45, 2.75) is 40.5 Å². The maximum Gasteiger partial charge on any atom is 0.331 e. The van der Waals surface area contributed by atoms with Crippen LogP contribution in [0.4, 0.5) is 0 Å². The molecule has 0 aliphatic heterocycles. The summed E-state index contributed by atoms with van der Waals surface area (Å²) in [6.45, 7) is 9.52. The molecule has 1 aromatic rings. The van der Waals surface area contributed by atoms with Gasteiger partial charge in [0, 0.05) is 12.6 Å². The lowest BCUT2D eigenvalue weighted by Crippen LogP contribution is -2.29. The van der Waals surface area contributed by atoms with Crippen LogP contribution in [-0.4, -0.2) is 38.2 Å². The van der Waals surface area contributed by atoms with Gasteiger partial charge in [0.1, 0.15) is 0 Å². The van der Waals surface area contributed by atoms with Crippen LogP contribution in [0.25, 0.3) is 6.08 Å². The normalized spacial score (nSPS) is 10.9. The second-order valence-corrected chi connectivity index (χ2v) is 6.46. The van der Waals surface area contributed by atoms with E-state index in [9.17, 15) is 9.59 Å². The smallest absolute Gasteiger partial charge is 0.331 e. The molecular weight excluding hydrogens is 346 g/mol. The third-order valence-electron chi connectivity index (χ3n) is 3.53. The fraction of sp³-hybridized carbons (Fsp3) is 0.524. The number of esters is 1. The van der Waals surface area contributed by atoms with Crippen LogP contribution in [0.5, 0.6) is 11.5 Å². The van der Waals surface area contributed by atoms with Crippen LogP contribution < -0.4 is 14.8 Å². The van der Waals surface area contributed by atoms with Crippen molar-refractivity contribution in [1.29, 1.82) is 0 Å². The molecule has 1 amide bonds. The van der Waals surface area contributed by atoms with Crippen molar-refractivity contribution in [2.75, 3.05) is 26.4 Å². The second kappa shape index (κ2) is 12.8. The molecule has 0 bridgehead atoms. The maximum absolute atomic E-state index is 11.8. The zero-order valence-electron chi connectivity index (χ0n) is 16.7. The molecule has 0 saturated heterocycles. The Kier molecular flexibility index (Phi) is 10.7. The van der Waals surface area contributed by atoms with Crippen molar-refractivity contribution in [3.05, 3.63) is 29.8 Å². The number of ether oxygens (including phenoxy) is 3. The Morgan fingerprint density at radius 2 is 1.93 bits per heavy atom. The second-order valence-electron chi connectivity index (χ2n) is 6.46. The summed E-state index contributed by atoms with van der Waals surface area (Å²) in [4.78, 5) is 23.4. The van der Waals surface area contributed by atoms with Gasteiger partial charge in [0.2, 0.25) is 0 Å². The third kappa shape index (κ3) is 9.68. The Morgan fingerprint density at radius 1 is 1.15 bits per heavy atom. The van der Waals surface area contributed by atoms with Crippen LogP contribution >= 0.6 is 0 Å². The molecule has 1 N–H and O–H groups in total. The van der Waals surface area contributed by atoms with Gasteiger partial charge < -0.3 is 19.5 Å². The topological polar surface area (TPSA) is 73.9 Å². The Morgan fingerprint density at radius 3 is 2.59 bits per heavy atom. The third-order valence-corrected chi connectivity index (χ3v) is 3.53. The first-order chi connectivity index (χ1) is 13.0. The number of nitrogens with one attached hydrogen (secondary N) is 1. The van der Waals surface area contributed by atoms with E-state index in [2.05, 4.69) is 19.2 Å². The average Bonchev–Trinajstić information content (AvgIpc) is 2.64. The van der Waals surface area contributed by atoms with Gasteiger partial charge in [-0.15, -0.1) is 0 Å². The number of amides is 1. The molecule has 0 spiro atoms. The van der Waals surface area contributed by atoms with E-state index < -0.39 is 5.97 Å². The van der Waals surface area contributed by atoms with Gasteiger partial charge in [-0.05, 0) is 49.5 Å². The highest BCUT2D eigenvalue weighted by Gasteiger charge is 2.07. The van der Waals surface area contributed by atoms with E-state index >= 15 is 0 Å². The number of carbonyl (C=O) groups excluding carboxylic acids is 2. The van der Waals surface area contributed by atoms with Crippen molar-refractivity contribution in [1.82, 2.24) is 5.32 Å². The summed E-state index contributed by atoms with van der Waals surface area (Å²) in [5.74, 6) is 0.949. The number of carbonyl (C=O) groups is 2. The zero-order valence-corrected chi connectivity index (χ0v) is 16.7.